The van der Waals surface area contributed by atoms with Crippen LogP contribution in [-0.2, 0) is 21.0 Å². The lowest BCUT2D eigenvalue weighted by Gasteiger charge is -2.35. The van der Waals surface area contributed by atoms with E-state index >= 15 is 0 Å². The summed E-state index contributed by atoms with van der Waals surface area (Å²) in [4.78, 5) is 53.9. The predicted molar refractivity (Wildman–Crippen MR) is 164 cm³/mol. The van der Waals surface area contributed by atoms with Gasteiger partial charge in [0.2, 0.25) is 11.8 Å². The van der Waals surface area contributed by atoms with Crippen LogP contribution in [-0.4, -0.2) is 40.5 Å². The van der Waals surface area contributed by atoms with Gasteiger partial charge in [-0.3, -0.25) is 29.8 Å². The lowest BCUT2D eigenvalue weighted by Crippen LogP contribution is -2.57. The predicted octanol–water partition coefficient (Wildman–Crippen LogP) is 5.43. The molecule has 3 aromatic rings. The fourth-order valence-electron chi connectivity index (χ4n) is 7.41. The molecule has 11 nitrogen and oxygen atoms in total. The van der Waals surface area contributed by atoms with Gasteiger partial charge in [0, 0.05) is 23.7 Å². The van der Waals surface area contributed by atoms with Crippen molar-refractivity contribution < 1.29 is 33.9 Å². The lowest BCUT2D eigenvalue weighted by atomic mass is 9.72. The standard InChI is InChI=1S/C34H35N3O8/c1-44-26-17-9-16-25(30(26)45-20-22-12-6-3-7-13-22)29-27-28(34(35-29,33(40)41)19-21-10-4-2-5-11-21)32(39)36(31(27)38)23-14-8-15-24(18-23)37(42)43/h3,6-9,12-18,21,27-29,35H,2,4-5,10-11,19-20H2,1H3,(H,40,41). The number of nitrogens with zero attached hydrogens (tertiary/aromatic N) is 2. The molecule has 2 N–H and O–H groups in total. The number of imide groups is 1. The van der Waals surface area contributed by atoms with E-state index in [9.17, 15) is 29.6 Å². The summed E-state index contributed by atoms with van der Waals surface area (Å²) < 4.78 is 11.9. The molecule has 6 rings (SSSR count). The van der Waals surface area contributed by atoms with E-state index < -0.39 is 46.1 Å². The molecule has 234 valence electrons. The van der Waals surface area contributed by atoms with Gasteiger partial charge in [-0.15, -0.1) is 0 Å². The average Bonchev–Trinajstić information content (AvgIpc) is 3.53. The fourth-order valence-corrected chi connectivity index (χ4v) is 7.41. The van der Waals surface area contributed by atoms with E-state index in [0.717, 1.165) is 42.6 Å². The Morgan fingerprint density at radius 2 is 1.76 bits per heavy atom. The SMILES string of the molecule is COc1cccc(C2NC(CC3CCCCC3)(C(=O)O)C3C(=O)N(c4cccc([N+](=O)[O-])c4)C(=O)C23)c1OCc1ccccc1. The minimum atomic E-state index is -1.75. The van der Waals surface area contributed by atoms with Crippen LogP contribution in [0.1, 0.15) is 55.7 Å². The van der Waals surface area contributed by atoms with Gasteiger partial charge < -0.3 is 14.6 Å². The third kappa shape index (κ3) is 5.41. The first kappa shape index (κ1) is 30.3. The smallest absolute Gasteiger partial charge is 0.324 e. The first-order valence-electron chi connectivity index (χ1n) is 15.2. The molecule has 3 fully saturated rings. The molecule has 11 heteroatoms. The van der Waals surface area contributed by atoms with E-state index in [2.05, 4.69) is 5.32 Å². The summed E-state index contributed by atoms with van der Waals surface area (Å²) in [6.07, 6.45) is 4.85. The van der Waals surface area contributed by atoms with Crippen LogP contribution < -0.4 is 19.7 Å². The van der Waals surface area contributed by atoms with Crippen LogP contribution in [0.25, 0.3) is 0 Å². The number of para-hydroxylation sites is 1. The second kappa shape index (κ2) is 12.3. The van der Waals surface area contributed by atoms with E-state index in [1.54, 1.807) is 18.2 Å². The summed E-state index contributed by atoms with van der Waals surface area (Å²) in [6.45, 7) is 0.188. The summed E-state index contributed by atoms with van der Waals surface area (Å²) in [7, 11) is 1.50. The van der Waals surface area contributed by atoms with Gasteiger partial charge in [0.1, 0.15) is 12.1 Å². The molecule has 4 unspecified atom stereocenters. The number of carboxylic acids is 1. The number of hydrogen-bond donors (Lipinski definition) is 2. The zero-order valence-electron chi connectivity index (χ0n) is 24.9. The Kier molecular flexibility index (Phi) is 8.28. The largest absolute Gasteiger partial charge is 0.493 e. The number of benzene rings is 3. The molecule has 3 aromatic carbocycles. The molecule has 2 amide bonds. The summed E-state index contributed by atoms with van der Waals surface area (Å²) in [5.74, 6) is -4.08. The van der Waals surface area contributed by atoms with Gasteiger partial charge in [0.25, 0.3) is 5.69 Å². The molecule has 2 saturated heterocycles. The van der Waals surface area contributed by atoms with Crippen molar-refractivity contribution in [1.29, 1.82) is 0 Å². The van der Waals surface area contributed by atoms with Crippen LogP contribution in [0.4, 0.5) is 11.4 Å². The molecule has 0 aromatic heterocycles. The van der Waals surface area contributed by atoms with Crippen molar-refractivity contribution in [2.45, 2.75) is 56.7 Å². The van der Waals surface area contributed by atoms with Crippen LogP contribution >= 0.6 is 0 Å². The minimum Gasteiger partial charge on any atom is -0.493 e. The molecule has 2 heterocycles. The van der Waals surface area contributed by atoms with Crippen molar-refractivity contribution in [2.75, 3.05) is 12.0 Å². The number of nitro groups is 1. The molecular weight excluding hydrogens is 578 g/mol. The molecule has 1 saturated carbocycles. The Morgan fingerprint density at radius 1 is 1.02 bits per heavy atom. The molecule has 0 radical (unpaired) electrons. The van der Waals surface area contributed by atoms with Gasteiger partial charge in [-0.1, -0.05) is 80.6 Å². The number of hydrogen-bond acceptors (Lipinski definition) is 8. The Balaban J connectivity index is 1.47. The van der Waals surface area contributed by atoms with Gasteiger partial charge in [0.15, 0.2) is 11.5 Å². The Morgan fingerprint density at radius 3 is 2.44 bits per heavy atom. The number of anilines is 1. The number of non-ortho nitro benzene ring substituents is 1. The highest BCUT2D eigenvalue weighted by molar-refractivity contribution is 6.24. The van der Waals surface area contributed by atoms with E-state index in [1.807, 2.05) is 30.3 Å². The minimum absolute atomic E-state index is 0.0375. The number of aliphatic carboxylic acids is 1. The Hall–Kier alpha value is -4.77. The first-order chi connectivity index (χ1) is 21.7. The molecule has 45 heavy (non-hydrogen) atoms. The maximum Gasteiger partial charge on any atom is 0.324 e. The normalized spacial score (nSPS) is 24.8. The molecule has 0 bridgehead atoms. The lowest BCUT2D eigenvalue weighted by molar-refractivity contribution is -0.384. The zero-order valence-corrected chi connectivity index (χ0v) is 24.9. The van der Waals surface area contributed by atoms with Gasteiger partial charge in [0.05, 0.1) is 29.6 Å². The molecule has 1 aliphatic carbocycles. The van der Waals surface area contributed by atoms with Gasteiger partial charge in [-0.2, -0.15) is 0 Å². The van der Waals surface area contributed by atoms with Crippen molar-refractivity contribution in [3.8, 4) is 11.5 Å². The van der Waals surface area contributed by atoms with Crippen LogP contribution in [0.15, 0.2) is 72.8 Å². The second-order valence-corrected chi connectivity index (χ2v) is 12.1. The fraction of sp³-hybridized carbons (Fsp3) is 0.382. The third-order valence-electron chi connectivity index (χ3n) is 9.46. The number of carbonyl (C=O) groups excluding carboxylic acids is 2. The van der Waals surface area contributed by atoms with Gasteiger partial charge >= 0.3 is 5.97 Å². The molecule has 3 aliphatic rings. The number of carboxylic acid groups (broad SMARTS) is 1. The van der Waals surface area contributed by atoms with E-state index in [4.69, 9.17) is 9.47 Å². The van der Waals surface area contributed by atoms with Crippen molar-refractivity contribution >= 4 is 29.2 Å². The number of carbonyl (C=O) groups is 3. The molecule has 4 atom stereocenters. The van der Waals surface area contributed by atoms with Crippen molar-refractivity contribution in [1.82, 2.24) is 5.32 Å². The number of nitro benzene ring substituents is 1. The molecule has 0 spiro atoms. The van der Waals surface area contributed by atoms with Crippen LogP contribution in [0, 0.1) is 27.9 Å². The second-order valence-electron chi connectivity index (χ2n) is 12.1. The monoisotopic (exact) mass is 613 g/mol. The third-order valence-corrected chi connectivity index (χ3v) is 9.46. The highest BCUT2D eigenvalue weighted by Gasteiger charge is 2.69. The highest BCUT2D eigenvalue weighted by Crippen LogP contribution is 2.54. The maximum absolute atomic E-state index is 14.3. The van der Waals surface area contributed by atoms with Crippen molar-refractivity contribution in [3.05, 3.63) is 94.0 Å². The van der Waals surface area contributed by atoms with E-state index in [-0.39, 0.29) is 30.3 Å². The number of fused-ring (bicyclic) bond motifs is 1. The zero-order chi connectivity index (χ0) is 31.7. The number of rotatable bonds is 10. The summed E-state index contributed by atoms with van der Waals surface area (Å²) in [5.41, 5.74) is -0.604. The Labute approximate surface area is 260 Å². The number of ether oxygens (including phenoxy) is 2. The number of nitrogens with one attached hydrogen (secondary N) is 1. The number of amides is 2. The topological polar surface area (TPSA) is 148 Å². The molecular formula is C34H35N3O8. The van der Waals surface area contributed by atoms with Crippen LogP contribution in [0.2, 0.25) is 0 Å². The van der Waals surface area contributed by atoms with Crippen LogP contribution in [0.3, 0.4) is 0 Å². The van der Waals surface area contributed by atoms with Crippen LogP contribution in [0.5, 0.6) is 11.5 Å². The summed E-state index contributed by atoms with van der Waals surface area (Å²) in [5, 5.41) is 25.8. The van der Waals surface area contributed by atoms with Crippen molar-refractivity contribution in [2.24, 2.45) is 17.8 Å². The van der Waals surface area contributed by atoms with E-state index in [0.29, 0.717) is 17.1 Å². The van der Waals surface area contributed by atoms with E-state index in [1.165, 1.54) is 31.4 Å². The quantitative estimate of drug-likeness (QED) is 0.174. The first-order valence-corrected chi connectivity index (χ1v) is 15.2. The average molecular weight is 614 g/mol. The maximum atomic E-state index is 14.3. The van der Waals surface area contributed by atoms with Gasteiger partial charge in [-0.25, -0.2) is 4.90 Å². The van der Waals surface area contributed by atoms with Gasteiger partial charge in [-0.05, 0) is 30.0 Å². The summed E-state index contributed by atoms with van der Waals surface area (Å²) in [6, 6.07) is 19.1. The highest BCUT2D eigenvalue weighted by atomic mass is 16.6. The summed E-state index contributed by atoms with van der Waals surface area (Å²) >= 11 is 0. The Bertz CT molecular complexity index is 1620. The van der Waals surface area contributed by atoms with Crippen molar-refractivity contribution in [3.63, 3.8) is 0 Å². The number of methoxy groups -OCH3 is 1. The molecule has 2 aliphatic heterocycles.